The molecule has 2 heterocycles. The molecule has 0 spiro atoms. The Morgan fingerprint density at radius 3 is 2.83 bits per heavy atom. The summed E-state index contributed by atoms with van der Waals surface area (Å²) in [5, 5.41) is 0.465. The van der Waals surface area contributed by atoms with Gasteiger partial charge in [-0.3, -0.25) is 4.99 Å². The van der Waals surface area contributed by atoms with Gasteiger partial charge in [-0.15, -0.1) is 0 Å². The fourth-order valence-electron chi connectivity index (χ4n) is 3.19. The van der Waals surface area contributed by atoms with Gasteiger partial charge in [0.2, 0.25) is 0 Å². The second kappa shape index (κ2) is 6.70. The zero-order chi connectivity index (χ0) is 16.4. The second-order valence-corrected chi connectivity index (χ2v) is 6.55. The first-order valence-corrected chi connectivity index (χ1v) is 8.69. The fourth-order valence-corrected chi connectivity index (χ4v) is 3.40. The molecule has 0 N–H and O–H groups in total. The molecule has 0 saturated carbocycles. The smallest absolute Gasteiger partial charge is 0.179 e. The highest BCUT2D eigenvalue weighted by atomic mass is 35.5. The highest BCUT2D eigenvalue weighted by Gasteiger charge is 2.20. The maximum Gasteiger partial charge on any atom is 0.179 e. The lowest BCUT2D eigenvalue weighted by Gasteiger charge is -2.22. The van der Waals surface area contributed by atoms with Crippen LogP contribution >= 0.6 is 11.6 Å². The van der Waals surface area contributed by atoms with Gasteiger partial charge in [-0.05, 0) is 42.5 Å². The van der Waals surface area contributed by atoms with Gasteiger partial charge < -0.3 is 0 Å². The molecule has 24 heavy (non-hydrogen) atoms. The van der Waals surface area contributed by atoms with E-state index in [1.165, 1.54) is 17.6 Å². The van der Waals surface area contributed by atoms with Crippen molar-refractivity contribution in [2.45, 2.75) is 31.7 Å². The number of dihydropyridines is 1. The van der Waals surface area contributed by atoms with E-state index in [0.29, 0.717) is 11.0 Å². The molecule has 3 nitrogen and oxygen atoms in total. The Kier molecular flexibility index (Phi) is 4.26. The summed E-state index contributed by atoms with van der Waals surface area (Å²) >= 11 is 6.23. The van der Waals surface area contributed by atoms with Gasteiger partial charge in [0.1, 0.15) is 10.9 Å². The zero-order valence-electron chi connectivity index (χ0n) is 13.3. The summed E-state index contributed by atoms with van der Waals surface area (Å²) < 4.78 is 0. The lowest BCUT2D eigenvalue weighted by atomic mass is 9.92. The van der Waals surface area contributed by atoms with E-state index in [1.54, 1.807) is 0 Å². The molecule has 1 aromatic carbocycles. The zero-order valence-corrected chi connectivity index (χ0v) is 14.1. The minimum absolute atomic E-state index is 0.249. The van der Waals surface area contributed by atoms with Crippen molar-refractivity contribution in [3.63, 3.8) is 0 Å². The number of aliphatic imine (C=N–C) groups is 1. The molecule has 4 heteroatoms. The van der Waals surface area contributed by atoms with Crippen LogP contribution < -0.4 is 0 Å². The molecule has 0 fully saturated rings. The number of benzene rings is 1. The van der Waals surface area contributed by atoms with Crippen LogP contribution in [0.2, 0.25) is 5.15 Å². The summed E-state index contributed by atoms with van der Waals surface area (Å²) in [6.45, 7) is 0. The van der Waals surface area contributed by atoms with Crippen molar-refractivity contribution in [2.75, 3.05) is 0 Å². The second-order valence-electron chi connectivity index (χ2n) is 6.17. The molecule has 120 valence electrons. The molecule has 0 amide bonds. The summed E-state index contributed by atoms with van der Waals surface area (Å²) in [6, 6.07) is 12.3. The quantitative estimate of drug-likeness (QED) is 0.771. The SMILES string of the molecule is Clc1cc(Cc2ccccc2)nc(C2=NC3CCCC=C3C=C2)n1. The van der Waals surface area contributed by atoms with Gasteiger partial charge in [0.25, 0.3) is 0 Å². The number of hydrogen-bond acceptors (Lipinski definition) is 3. The van der Waals surface area contributed by atoms with E-state index in [-0.39, 0.29) is 6.04 Å². The first-order valence-electron chi connectivity index (χ1n) is 8.31. The number of halogens is 1. The number of nitrogens with zero attached hydrogens (tertiary/aromatic N) is 3. The van der Waals surface area contributed by atoms with Crippen LogP contribution in [0, 0.1) is 0 Å². The first kappa shape index (κ1) is 15.3. The van der Waals surface area contributed by atoms with Gasteiger partial charge in [0.15, 0.2) is 5.82 Å². The van der Waals surface area contributed by atoms with E-state index in [0.717, 1.165) is 30.7 Å². The summed E-state index contributed by atoms with van der Waals surface area (Å²) in [5.74, 6) is 0.620. The van der Waals surface area contributed by atoms with Crippen LogP contribution in [-0.4, -0.2) is 21.7 Å². The third-order valence-corrected chi connectivity index (χ3v) is 4.57. The predicted octanol–water partition coefficient (Wildman–Crippen LogP) is 4.56. The van der Waals surface area contributed by atoms with Gasteiger partial charge in [0, 0.05) is 6.42 Å². The summed E-state index contributed by atoms with van der Waals surface area (Å²) in [6.07, 6.45) is 10.6. The molecule has 0 radical (unpaired) electrons. The van der Waals surface area contributed by atoms with Crippen LogP contribution in [0.15, 0.2) is 65.2 Å². The fraction of sp³-hybridized carbons (Fsp3) is 0.250. The largest absolute Gasteiger partial charge is 0.273 e. The molecule has 2 aromatic rings. The van der Waals surface area contributed by atoms with Crippen LogP contribution in [-0.2, 0) is 6.42 Å². The Morgan fingerprint density at radius 1 is 1.08 bits per heavy atom. The number of fused-ring (bicyclic) bond motifs is 1. The summed E-state index contributed by atoms with van der Waals surface area (Å²) in [7, 11) is 0. The maximum absolute atomic E-state index is 6.23. The number of aromatic nitrogens is 2. The molecule has 1 unspecified atom stereocenters. The van der Waals surface area contributed by atoms with Crippen LogP contribution in [0.5, 0.6) is 0 Å². The molecule has 0 bridgehead atoms. The molecule has 1 aliphatic carbocycles. The summed E-state index contributed by atoms with van der Waals surface area (Å²) in [5.41, 5.74) is 4.27. The van der Waals surface area contributed by atoms with Crippen LogP contribution in [0.3, 0.4) is 0 Å². The summed E-state index contributed by atoms with van der Waals surface area (Å²) in [4.78, 5) is 13.9. The first-order chi connectivity index (χ1) is 11.8. The Balaban J connectivity index is 1.64. The Bertz CT molecular complexity index is 837. The van der Waals surface area contributed by atoms with Crippen molar-refractivity contribution >= 4 is 17.3 Å². The lowest BCUT2D eigenvalue weighted by molar-refractivity contribution is 0.625. The molecule has 1 aromatic heterocycles. The van der Waals surface area contributed by atoms with E-state index in [9.17, 15) is 0 Å². The third-order valence-electron chi connectivity index (χ3n) is 4.38. The third kappa shape index (κ3) is 3.31. The molecule has 0 saturated heterocycles. The van der Waals surface area contributed by atoms with E-state index < -0.39 is 0 Å². The molecule has 1 atom stereocenters. The van der Waals surface area contributed by atoms with Crippen molar-refractivity contribution < 1.29 is 0 Å². The van der Waals surface area contributed by atoms with E-state index in [2.05, 4.69) is 29.3 Å². The van der Waals surface area contributed by atoms with E-state index in [1.807, 2.05) is 30.3 Å². The molecule has 4 rings (SSSR count). The minimum Gasteiger partial charge on any atom is -0.273 e. The molecule has 1 aliphatic heterocycles. The van der Waals surface area contributed by atoms with Gasteiger partial charge >= 0.3 is 0 Å². The number of rotatable bonds is 3. The average Bonchev–Trinajstić information content (AvgIpc) is 2.62. The van der Waals surface area contributed by atoms with Crippen molar-refractivity contribution in [1.29, 1.82) is 0 Å². The predicted molar refractivity (Wildman–Crippen MR) is 97.7 cm³/mol. The molecular formula is C20H18ClN3. The monoisotopic (exact) mass is 335 g/mol. The van der Waals surface area contributed by atoms with Gasteiger partial charge in [-0.25, -0.2) is 9.97 Å². The topological polar surface area (TPSA) is 38.1 Å². The highest BCUT2D eigenvalue weighted by Crippen LogP contribution is 2.26. The minimum atomic E-state index is 0.249. The van der Waals surface area contributed by atoms with Gasteiger partial charge in [-0.1, -0.05) is 54.1 Å². The Labute approximate surface area is 146 Å². The Morgan fingerprint density at radius 2 is 1.96 bits per heavy atom. The molecular weight excluding hydrogens is 318 g/mol. The number of allylic oxidation sites excluding steroid dienone is 2. The average molecular weight is 336 g/mol. The van der Waals surface area contributed by atoms with Crippen LogP contribution in [0.4, 0.5) is 0 Å². The number of hydrogen-bond donors (Lipinski definition) is 0. The molecule has 2 aliphatic rings. The Hall–Kier alpha value is -2.26. The standard InChI is InChI=1S/C20H18ClN3/c21-19-13-16(12-14-6-2-1-3-7-14)22-20(24-19)18-11-10-15-8-4-5-9-17(15)23-18/h1-3,6-8,10-11,13,17H,4-5,9,12H2. The van der Waals surface area contributed by atoms with Crippen molar-refractivity contribution in [2.24, 2.45) is 4.99 Å². The highest BCUT2D eigenvalue weighted by molar-refractivity contribution is 6.29. The van der Waals surface area contributed by atoms with E-state index >= 15 is 0 Å². The van der Waals surface area contributed by atoms with Gasteiger partial charge in [-0.2, -0.15) is 0 Å². The van der Waals surface area contributed by atoms with Crippen molar-refractivity contribution in [3.8, 4) is 0 Å². The van der Waals surface area contributed by atoms with Crippen molar-refractivity contribution in [1.82, 2.24) is 9.97 Å². The maximum atomic E-state index is 6.23. The van der Waals surface area contributed by atoms with E-state index in [4.69, 9.17) is 21.6 Å². The normalized spacial score (nSPS) is 19.5. The van der Waals surface area contributed by atoms with Crippen LogP contribution in [0.1, 0.15) is 36.3 Å². The van der Waals surface area contributed by atoms with Crippen LogP contribution in [0.25, 0.3) is 0 Å². The van der Waals surface area contributed by atoms with Gasteiger partial charge in [0.05, 0.1) is 11.7 Å². The van der Waals surface area contributed by atoms with Crippen molar-refractivity contribution in [3.05, 3.63) is 82.4 Å². The lowest BCUT2D eigenvalue weighted by Crippen LogP contribution is -2.19.